The third kappa shape index (κ3) is 5.22. The molecule has 1 heterocycles. The topological polar surface area (TPSA) is 114 Å². The van der Waals surface area contributed by atoms with Crippen LogP contribution in [-0.4, -0.2) is 54.5 Å². The zero-order valence-electron chi connectivity index (χ0n) is 19.4. The molecule has 2 aromatic rings. The minimum Gasteiger partial charge on any atom is -0.481 e. The van der Waals surface area contributed by atoms with E-state index in [0.29, 0.717) is 13.0 Å². The van der Waals surface area contributed by atoms with Crippen molar-refractivity contribution in [2.75, 3.05) is 19.8 Å². The maximum atomic E-state index is 12.7. The number of hydrogen-bond donors (Lipinski definition) is 3. The third-order valence-corrected chi connectivity index (χ3v) is 6.38. The highest BCUT2D eigenvalue weighted by Gasteiger charge is 2.37. The molecule has 1 aliphatic carbocycles. The smallest absolute Gasteiger partial charge is 0.407 e. The summed E-state index contributed by atoms with van der Waals surface area (Å²) < 4.78 is 11.1. The van der Waals surface area contributed by atoms with Crippen molar-refractivity contribution in [3.8, 4) is 11.1 Å². The molecular weight excluding hydrogens is 436 g/mol. The summed E-state index contributed by atoms with van der Waals surface area (Å²) >= 11 is 0. The molecule has 34 heavy (non-hydrogen) atoms. The standard InChI is InChI=1S/C26H30N2O6/c1-26(2,13-22(29)30)28-24(31)23-16(11-12-33-23)14-27-25(32)34-15-21-19-9-5-3-7-17(19)18-8-4-6-10-20(18)21/h3-10,16,21,23H,11-15H2,1-2H3,(H,27,32)(H,28,31)(H,29,30)/t16-,23-/m0/s1. The average Bonchev–Trinajstić information content (AvgIpc) is 3.38. The van der Waals surface area contributed by atoms with Crippen molar-refractivity contribution in [2.24, 2.45) is 5.92 Å². The molecule has 180 valence electrons. The molecule has 2 atom stereocenters. The quantitative estimate of drug-likeness (QED) is 0.550. The zero-order chi connectivity index (χ0) is 24.3. The van der Waals surface area contributed by atoms with Crippen molar-refractivity contribution in [3.63, 3.8) is 0 Å². The second-order valence-electron chi connectivity index (χ2n) is 9.49. The predicted molar refractivity (Wildman–Crippen MR) is 125 cm³/mol. The van der Waals surface area contributed by atoms with Crippen LogP contribution in [0.5, 0.6) is 0 Å². The van der Waals surface area contributed by atoms with Gasteiger partial charge in [0.1, 0.15) is 12.7 Å². The van der Waals surface area contributed by atoms with Crippen molar-refractivity contribution in [1.29, 1.82) is 0 Å². The number of carboxylic acid groups (broad SMARTS) is 1. The number of carbonyl (C=O) groups is 3. The lowest BCUT2D eigenvalue weighted by molar-refractivity contribution is -0.139. The van der Waals surface area contributed by atoms with E-state index in [1.165, 1.54) is 0 Å². The highest BCUT2D eigenvalue weighted by molar-refractivity contribution is 5.83. The summed E-state index contributed by atoms with van der Waals surface area (Å²) in [6.45, 7) is 4.15. The molecule has 1 aliphatic heterocycles. The minimum absolute atomic E-state index is 0.0250. The molecule has 3 N–H and O–H groups in total. The summed E-state index contributed by atoms with van der Waals surface area (Å²) in [5.74, 6) is -1.61. The molecule has 1 fully saturated rings. The van der Waals surface area contributed by atoms with Crippen LogP contribution in [0, 0.1) is 5.92 Å². The number of hydrogen-bond acceptors (Lipinski definition) is 5. The maximum Gasteiger partial charge on any atom is 0.407 e. The summed E-state index contributed by atoms with van der Waals surface area (Å²) in [7, 11) is 0. The van der Waals surface area contributed by atoms with Crippen LogP contribution in [-0.2, 0) is 19.1 Å². The van der Waals surface area contributed by atoms with Crippen molar-refractivity contribution in [3.05, 3.63) is 59.7 Å². The van der Waals surface area contributed by atoms with Crippen LogP contribution in [0.2, 0.25) is 0 Å². The molecule has 2 amide bonds. The summed E-state index contributed by atoms with van der Waals surface area (Å²) in [6.07, 6.45) is -0.879. The van der Waals surface area contributed by atoms with Gasteiger partial charge in [0.25, 0.3) is 0 Å². The highest BCUT2D eigenvalue weighted by Crippen LogP contribution is 2.44. The van der Waals surface area contributed by atoms with E-state index in [-0.39, 0.29) is 37.3 Å². The molecule has 0 saturated carbocycles. The molecule has 4 rings (SSSR count). The molecule has 0 spiro atoms. The van der Waals surface area contributed by atoms with Gasteiger partial charge < -0.3 is 25.2 Å². The normalized spacial score (nSPS) is 19.2. The molecule has 8 nitrogen and oxygen atoms in total. The van der Waals surface area contributed by atoms with E-state index in [4.69, 9.17) is 14.6 Å². The number of ether oxygens (including phenoxy) is 2. The monoisotopic (exact) mass is 466 g/mol. The van der Waals surface area contributed by atoms with Crippen molar-refractivity contribution >= 4 is 18.0 Å². The van der Waals surface area contributed by atoms with Gasteiger partial charge in [-0.15, -0.1) is 0 Å². The predicted octanol–water partition coefficient (Wildman–Crippen LogP) is 3.30. The Morgan fingerprint density at radius 2 is 1.68 bits per heavy atom. The van der Waals surface area contributed by atoms with Gasteiger partial charge in [-0.05, 0) is 42.5 Å². The summed E-state index contributed by atoms with van der Waals surface area (Å²) in [5, 5.41) is 14.5. The Morgan fingerprint density at radius 1 is 1.06 bits per heavy atom. The first-order valence-corrected chi connectivity index (χ1v) is 11.5. The van der Waals surface area contributed by atoms with E-state index < -0.39 is 23.7 Å². The largest absolute Gasteiger partial charge is 0.481 e. The fraction of sp³-hybridized carbons (Fsp3) is 0.423. The van der Waals surface area contributed by atoms with Crippen molar-refractivity contribution in [2.45, 2.75) is 44.2 Å². The minimum atomic E-state index is -0.994. The van der Waals surface area contributed by atoms with Gasteiger partial charge in [-0.1, -0.05) is 48.5 Å². The van der Waals surface area contributed by atoms with Gasteiger partial charge in [0.15, 0.2) is 0 Å². The second-order valence-corrected chi connectivity index (χ2v) is 9.49. The van der Waals surface area contributed by atoms with Crippen molar-refractivity contribution in [1.82, 2.24) is 10.6 Å². The Hall–Kier alpha value is -3.39. The van der Waals surface area contributed by atoms with E-state index in [1.54, 1.807) is 13.8 Å². The molecule has 0 aromatic heterocycles. The van der Waals surface area contributed by atoms with Crippen LogP contribution in [0.3, 0.4) is 0 Å². The maximum absolute atomic E-state index is 12.7. The number of carboxylic acids is 1. The molecule has 0 bridgehead atoms. The van der Waals surface area contributed by atoms with E-state index in [2.05, 4.69) is 34.9 Å². The van der Waals surface area contributed by atoms with Crippen LogP contribution in [0.25, 0.3) is 11.1 Å². The molecular formula is C26H30N2O6. The van der Waals surface area contributed by atoms with Crippen molar-refractivity contribution < 1.29 is 29.0 Å². The molecule has 8 heteroatoms. The van der Waals surface area contributed by atoms with E-state index in [1.807, 2.05) is 24.3 Å². The van der Waals surface area contributed by atoms with Gasteiger partial charge in [-0.25, -0.2) is 4.79 Å². The molecule has 0 radical (unpaired) electrons. The number of alkyl carbamates (subject to hydrolysis) is 1. The summed E-state index contributed by atoms with van der Waals surface area (Å²) in [4.78, 5) is 36.1. The molecule has 1 saturated heterocycles. The second kappa shape index (κ2) is 9.85. The Balaban J connectivity index is 1.30. The lowest BCUT2D eigenvalue weighted by atomic mass is 9.97. The Morgan fingerprint density at radius 3 is 2.29 bits per heavy atom. The lowest BCUT2D eigenvalue weighted by Crippen LogP contribution is -2.51. The van der Waals surface area contributed by atoms with Crippen LogP contribution >= 0.6 is 0 Å². The average molecular weight is 467 g/mol. The van der Waals surface area contributed by atoms with E-state index in [0.717, 1.165) is 22.3 Å². The van der Waals surface area contributed by atoms with Crippen LogP contribution < -0.4 is 10.6 Å². The Bertz CT molecular complexity index is 1040. The molecule has 0 unspecified atom stereocenters. The van der Waals surface area contributed by atoms with E-state index >= 15 is 0 Å². The number of amides is 2. The Kier molecular flexibility index (Phi) is 6.88. The summed E-state index contributed by atoms with van der Waals surface area (Å²) in [5.41, 5.74) is 3.70. The van der Waals surface area contributed by atoms with Gasteiger partial charge in [0, 0.05) is 30.5 Å². The number of carbonyl (C=O) groups excluding carboxylic acids is 2. The number of nitrogens with one attached hydrogen (secondary N) is 2. The van der Waals surface area contributed by atoms with Gasteiger partial charge in [-0.2, -0.15) is 0 Å². The van der Waals surface area contributed by atoms with Crippen LogP contribution in [0.15, 0.2) is 48.5 Å². The number of fused-ring (bicyclic) bond motifs is 3. The number of benzene rings is 2. The van der Waals surface area contributed by atoms with Crippen LogP contribution in [0.1, 0.15) is 43.7 Å². The zero-order valence-corrected chi connectivity index (χ0v) is 19.4. The SMILES string of the molecule is CC(C)(CC(=O)O)NC(=O)[C@H]1OCC[C@H]1CNC(=O)OCC1c2ccccc2-c2ccccc21. The van der Waals surface area contributed by atoms with Gasteiger partial charge in [-0.3, -0.25) is 9.59 Å². The third-order valence-electron chi connectivity index (χ3n) is 6.38. The van der Waals surface area contributed by atoms with Gasteiger partial charge in [0.2, 0.25) is 5.91 Å². The first-order chi connectivity index (χ1) is 16.2. The number of rotatable bonds is 8. The molecule has 2 aliphatic rings. The van der Waals surface area contributed by atoms with E-state index in [9.17, 15) is 14.4 Å². The number of aliphatic carboxylic acids is 1. The first-order valence-electron chi connectivity index (χ1n) is 11.5. The van der Waals surface area contributed by atoms with Gasteiger partial charge in [0.05, 0.1) is 6.42 Å². The molecule has 2 aromatic carbocycles. The lowest BCUT2D eigenvalue weighted by Gasteiger charge is -2.27. The fourth-order valence-corrected chi connectivity index (χ4v) is 4.82. The highest BCUT2D eigenvalue weighted by atomic mass is 16.5. The van der Waals surface area contributed by atoms with Crippen LogP contribution in [0.4, 0.5) is 4.79 Å². The fourth-order valence-electron chi connectivity index (χ4n) is 4.82. The van der Waals surface area contributed by atoms with Gasteiger partial charge >= 0.3 is 12.1 Å². The summed E-state index contributed by atoms with van der Waals surface area (Å²) in [6, 6.07) is 16.3. The first kappa shape index (κ1) is 23.8. The Labute approximate surface area is 198 Å².